The Bertz CT molecular complexity index is 775. The van der Waals surface area contributed by atoms with E-state index in [2.05, 4.69) is 31.5 Å². The quantitative estimate of drug-likeness (QED) is 0.592. The molecular weight excluding hydrogens is 404 g/mol. The van der Waals surface area contributed by atoms with Crippen LogP contribution in [0.15, 0.2) is 39.1 Å². The normalized spacial score (nSPS) is 11.2. The second-order valence-corrected chi connectivity index (χ2v) is 8.31. The zero-order valence-corrected chi connectivity index (χ0v) is 15.2. The molecule has 1 amide bonds. The van der Waals surface area contributed by atoms with Gasteiger partial charge in [-0.25, -0.2) is 18.5 Å². The van der Waals surface area contributed by atoms with Gasteiger partial charge in [-0.3, -0.25) is 4.79 Å². The van der Waals surface area contributed by atoms with E-state index >= 15 is 0 Å². The summed E-state index contributed by atoms with van der Waals surface area (Å²) < 4.78 is 23.2. The van der Waals surface area contributed by atoms with E-state index in [1.54, 1.807) is 12.1 Å². The Morgan fingerprint density at radius 3 is 2.57 bits per heavy atom. The summed E-state index contributed by atoms with van der Waals surface area (Å²) in [5, 5.41) is 11.3. The van der Waals surface area contributed by atoms with Gasteiger partial charge in [-0.05, 0) is 30.7 Å². The van der Waals surface area contributed by atoms with Crippen LogP contribution < -0.4 is 15.8 Å². The third-order valence-electron chi connectivity index (χ3n) is 2.79. The lowest BCUT2D eigenvalue weighted by Gasteiger charge is -2.06. The summed E-state index contributed by atoms with van der Waals surface area (Å²) in [4.78, 5) is 15.8. The number of hydrogen-bond acceptors (Lipinski definition) is 6. The fraction of sp³-hybridized carbons (Fsp3) is 0.231. The van der Waals surface area contributed by atoms with Crippen molar-refractivity contribution < 1.29 is 13.2 Å². The van der Waals surface area contributed by atoms with Crippen LogP contribution in [0.5, 0.6) is 0 Å². The largest absolute Gasteiger partial charge is 0.361 e. The van der Waals surface area contributed by atoms with Crippen LogP contribution in [0.1, 0.15) is 16.8 Å². The van der Waals surface area contributed by atoms with Crippen LogP contribution in [0.2, 0.25) is 0 Å². The summed E-state index contributed by atoms with van der Waals surface area (Å²) in [6.45, 7) is 1.05. The summed E-state index contributed by atoms with van der Waals surface area (Å²) in [5.41, 5.74) is 0.596. The van der Waals surface area contributed by atoms with Gasteiger partial charge in [-0.1, -0.05) is 27.3 Å². The third-order valence-corrected chi connectivity index (χ3v) is 5.68. The average Bonchev–Trinajstić information content (AvgIpc) is 2.96. The molecule has 0 saturated carbocycles. The molecule has 23 heavy (non-hydrogen) atoms. The van der Waals surface area contributed by atoms with E-state index < -0.39 is 10.0 Å². The summed E-state index contributed by atoms with van der Waals surface area (Å²) in [6, 6.07) is 7.09. The zero-order chi connectivity index (χ0) is 16.9. The van der Waals surface area contributed by atoms with E-state index in [1.807, 2.05) is 12.1 Å². The molecule has 0 aliphatic heterocycles. The van der Waals surface area contributed by atoms with Gasteiger partial charge in [0.15, 0.2) is 9.34 Å². The molecule has 2 rings (SSSR count). The van der Waals surface area contributed by atoms with Crippen LogP contribution in [-0.2, 0) is 10.0 Å². The van der Waals surface area contributed by atoms with Crippen molar-refractivity contribution in [3.8, 4) is 0 Å². The molecule has 0 bridgehead atoms. The molecule has 0 spiro atoms. The summed E-state index contributed by atoms with van der Waals surface area (Å²) >= 11 is 4.29. The van der Waals surface area contributed by atoms with Gasteiger partial charge in [0, 0.05) is 23.1 Å². The number of aromatic nitrogens is 1. The minimum atomic E-state index is -3.71. The molecule has 0 aliphatic carbocycles. The predicted molar refractivity (Wildman–Crippen MR) is 93.1 cm³/mol. The molecule has 10 heteroatoms. The number of hydrogen-bond donors (Lipinski definition) is 3. The molecule has 0 saturated heterocycles. The highest BCUT2D eigenvalue weighted by atomic mass is 79.9. The molecule has 0 fully saturated rings. The Hall–Kier alpha value is -1.49. The highest BCUT2D eigenvalue weighted by Crippen LogP contribution is 2.21. The Balaban J connectivity index is 1.70. The van der Waals surface area contributed by atoms with Gasteiger partial charge >= 0.3 is 0 Å². The number of anilines is 1. The molecule has 1 heterocycles. The molecule has 4 N–H and O–H groups in total. The SMILES string of the molecule is NS(=O)(=O)c1cnc(NCCCNC(=O)c2ccc(Br)cc2)s1. The molecule has 0 atom stereocenters. The molecule has 7 nitrogen and oxygen atoms in total. The first-order chi connectivity index (χ1) is 10.9. The topological polar surface area (TPSA) is 114 Å². The van der Waals surface area contributed by atoms with Gasteiger partial charge in [0.25, 0.3) is 5.91 Å². The first-order valence-electron chi connectivity index (χ1n) is 6.62. The van der Waals surface area contributed by atoms with E-state index in [4.69, 9.17) is 5.14 Å². The van der Waals surface area contributed by atoms with Crippen molar-refractivity contribution in [2.75, 3.05) is 18.4 Å². The number of nitrogens with zero attached hydrogens (tertiary/aromatic N) is 1. The molecule has 1 aromatic heterocycles. The fourth-order valence-electron chi connectivity index (χ4n) is 1.66. The number of halogens is 1. The van der Waals surface area contributed by atoms with Gasteiger partial charge < -0.3 is 10.6 Å². The molecule has 0 radical (unpaired) electrons. The van der Waals surface area contributed by atoms with Gasteiger partial charge in [-0.2, -0.15) is 0 Å². The second-order valence-electron chi connectivity index (χ2n) is 4.57. The standard InChI is InChI=1S/C13H15BrN4O3S2/c14-10-4-2-9(3-5-10)12(19)16-6-1-7-17-13-18-8-11(22-13)23(15,20)21/h2-5,8H,1,6-7H2,(H,16,19)(H,17,18)(H2,15,20,21). The monoisotopic (exact) mass is 418 g/mol. The molecule has 124 valence electrons. The average molecular weight is 419 g/mol. The highest BCUT2D eigenvalue weighted by molar-refractivity contribution is 9.10. The van der Waals surface area contributed by atoms with Crippen LogP contribution in [0.25, 0.3) is 0 Å². The number of nitrogens with two attached hydrogens (primary N) is 1. The molecule has 1 aromatic carbocycles. The maximum Gasteiger partial charge on any atom is 0.251 e. The van der Waals surface area contributed by atoms with Gasteiger partial charge in [0.05, 0.1) is 6.20 Å². The van der Waals surface area contributed by atoms with Crippen molar-refractivity contribution in [2.45, 2.75) is 10.6 Å². The van der Waals surface area contributed by atoms with Crippen LogP contribution in [0.3, 0.4) is 0 Å². The lowest BCUT2D eigenvalue weighted by atomic mass is 10.2. The Kier molecular flexibility index (Phi) is 6.10. The van der Waals surface area contributed by atoms with Crippen molar-refractivity contribution in [2.24, 2.45) is 5.14 Å². The minimum Gasteiger partial charge on any atom is -0.361 e. The number of sulfonamides is 1. The van der Waals surface area contributed by atoms with Crippen LogP contribution in [-0.4, -0.2) is 32.4 Å². The lowest BCUT2D eigenvalue weighted by Crippen LogP contribution is -2.25. The van der Waals surface area contributed by atoms with Crippen molar-refractivity contribution in [1.82, 2.24) is 10.3 Å². The number of primary sulfonamides is 1. The van der Waals surface area contributed by atoms with Gasteiger partial charge in [0.1, 0.15) is 0 Å². The molecule has 2 aromatic rings. The van der Waals surface area contributed by atoms with Crippen molar-refractivity contribution in [3.05, 3.63) is 40.5 Å². The van der Waals surface area contributed by atoms with Crippen LogP contribution >= 0.6 is 27.3 Å². The number of amides is 1. The molecule has 0 unspecified atom stereocenters. The lowest BCUT2D eigenvalue weighted by molar-refractivity contribution is 0.0953. The van der Waals surface area contributed by atoms with Crippen LogP contribution in [0.4, 0.5) is 5.13 Å². The number of carbonyl (C=O) groups excluding carboxylic acids is 1. The number of nitrogens with one attached hydrogen (secondary N) is 2. The predicted octanol–water partition coefficient (Wildman–Crippen LogP) is 1.79. The minimum absolute atomic E-state index is 0.0172. The van der Waals surface area contributed by atoms with Gasteiger partial charge in [0.2, 0.25) is 10.0 Å². The summed E-state index contributed by atoms with van der Waals surface area (Å²) in [5.74, 6) is -0.136. The number of benzene rings is 1. The molecule has 0 aliphatic rings. The zero-order valence-electron chi connectivity index (χ0n) is 12.0. The first-order valence-corrected chi connectivity index (χ1v) is 9.78. The van der Waals surface area contributed by atoms with Crippen molar-refractivity contribution >= 4 is 48.3 Å². The van der Waals surface area contributed by atoms with E-state index in [9.17, 15) is 13.2 Å². The summed E-state index contributed by atoms with van der Waals surface area (Å²) in [7, 11) is -3.71. The maximum absolute atomic E-state index is 11.9. The number of rotatable bonds is 7. The maximum atomic E-state index is 11.9. The van der Waals surface area contributed by atoms with E-state index in [0.29, 0.717) is 30.2 Å². The van der Waals surface area contributed by atoms with Crippen molar-refractivity contribution in [3.63, 3.8) is 0 Å². The Morgan fingerprint density at radius 1 is 1.26 bits per heavy atom. The first kappa shape index (κ1) is 17.9. The fourth-order valence-corrected chi connectivity index (χ4v) is 3.40. The van der Waals surface area contributed by atoms with Gasteiger partial charge in [-0.15, -0.1) is 0 Å². The Morgan fingerprint density at radius 2 is 1.96 bits per heavy atom. The smallest absolute Gasteiger partial charge is 0.251 e. The van der Waals surface area contributed by atoms with Crippen LogP contribution in [0, 0.1) is 0 Å². The number of thiazole rings is 1. The van der Waals surface area contributed by atoms with E-state index in [1.165, 1.54) is 6.20 Å². The van der Waals surface area contributed by atoms with Crippen molar-refractivity contribution in [1.29, 1.82) is 0 Å². The second kappa shape index (κ2) is 7.86. The van der Waals surface area contributed by atoms with E-state index in [0.717, 1.165) is 15.8 Å². The third kappa shape index (κ3) is 5.57. The Labute approximate surface area is 146 Å². The summed E-state index contributed by atoms with van der Waals surface area (Å²) in [6.07, 6.45) is 1.89. The molecular formula is C13H15BrN4O3S2. The van der Waals surface area contributed by atoms with E-state index in [-0.39, 0.29) is 10.1 Å². The highest BCUT2D eigenvalue weighted by Gasteiger charge is 2.12. The number of carbonyl (C=O) groups is 1.